The van der Waals surface area contributed by atoms with Gasteiger partial charge in [-0.15, -0.1) is 0 Å². The van der Waals surface area contributed by atoms with Crippen LogP contribution in [0.15, 0.2) is 97.1 Å². The number of benzene rings is 4. The summed E-state index contributed by atoms with van der Waals surface area (Å²) in [6.45, 7) is 1.62. The topological polar surface area (TPSA) is 30.9 Å². The molecule has 0 aromatic heterocycles. The Bertz CT molecular complexity index is 1330. The van der Waals surface area contributed by atoms with E-state index in [2.05, 4.69) is 95.9 Å². The molecule has 0 fully saturated rings. The van der Waals surface area contributed by atoms with Crippen LogP contribution in [0, 0.1) is 0 Å². The second-order valence-electron chi connectivity index (χ2n) is 8.94. The van der Waals surface area contributed by atoms with E-state index < -0.39 is 0 Å². The third-order valence-electron chi connectivity index (χ3n) is 6.74. The molecule has 4 aromatic rings. The molecule has 4 nitrogen and oxygen atoms in total. The summed E-state index contributed by atoms with van der Waals surface area (Å²) in [5.74, 6) is 2.33. The van der Waals surface area contributed by atoms with Crippen LogP contribution in [0.2, 0.25) is 0 Å². The molecule has 1 aliphatic heterocycles. The summed E-state index contributed by atoms with van der Waals surface area (Å²) in [6, 6.07) is 33.9. The van der Waals surface area contributed by atoms with E-state index in [4.69, 9.17) is 14.2 Å². The Morgan fingerprint density at radius 2 is 1.39 bits per heavy atom. The largest absolute Gasteiger partial charge is 0.497 e. The van der Waals surface area contributed by atoms with Crippen LogP contribution in [-0.4, -0.2) is 26.2 Å². The lowest BCUT2D eigenvalue weighted by molar-refractivity contribution is 0.211. The van der Waals surface area contributed by atoms with E-state index in [1.165, 1.54) is 27.8 Å². The summed E-state index contributed by atoms with van der Waals surface area (Å²) in [6.07, 6.45) is 2.29. The molecule has 36 heavy (non-hydrogen) atoms. The smallest absolute Gasteiger partial charge is 0.161 e. The van der Waals surface area contributed by atoms with E-state index in [1.807, 2.05) is 12.1 Å². The molecular formula is C32H31NO3. The second kappa shape index (κ2) is 10.7. The standard InChI is InChI=1S/C32H31NO3/c1-34-27-16-14-23(15-17-27)18-29-28-20-31(36-3)30(35-2)19-26(28)22-33(21-24-10-6-4-7-11-24)32(29)25-12-8-5-9-13-25/h4-20,32H,21-22H2,1-3H3/b29-18-. The zero-order chi connectivity index (χ0) is 24.9. The van der Waals surface area contributed by atoms with Crippen molar-refractivity contribution in [3.8, 4) is 17.2 Å². The number of nitrogens with zero attached hydrogens (tertiary/aromatic N) is 1. The number of rotatable bonds is 7. The van der Waals surface area contributed by atoms with E-state index in [0.717, 1.165) is 35.9 Å². The molecular weight excluding hydrogens is 446 g/mol. The average Bonchev–Trinajstić information content (AvgIpc) is 2.94. The van der Waals surface area contributed by atoms with Crippen LogP contribution < -0.4 is 14.2 Å². The lowest BCUT2D eigenvalue weighted by Gasteiger charge is -2.40. The Morgan fingerprint density at radius 1 is 0.750 bits per heavy atom. The van der Waals surface area contributed by atoms with E-state index >= 15 is 0 Å². The molecule has 0 N–H and O–H groups in total. The number of hydrogen-bond acceptors (Lipinski definition) is 4. The lowest BCUT2D eigenvalue weighted by Crippen LogP contribution is -2.33. The van der Waals surface area contributed by atoms with Crippen LogP contribution in [0.5, 0.6) is 17.2 Å². The Morgan fingerprint density at radius 3 is 2.03 bits per heavy atom. The Hall–Kier alpha value is -4.02. The van der Waals surface area contributed by atoms with Gasteiger partial charge in [0, 0.05) is 13.1 Å². The van der Waals surface area contributed by atoms with Gasteiger partial charge in [0.1, 0.15) is 5.75 Å². The van der Waals surface area contributed by atoms with Gasteiger partial charge in [0.05, 0.1) is 27.4 Å². The number of fused-ring (bicyclic) bond motifs is 1. The fourth-order valence-corrected chi connectivity index (χ4v) is 5.00. The molecule has 0 saturated heterocycles. The predicted molar refractivity (Wildman–Crippen MR) is 145 cm³/mol. The van der Waals surface area contributed by atoms with Gasteiger partial charge in [0.25, 0.3) is 0 Å². The van der Waals surface area contributed by atoms with Gasteiger partial charge in [-0.1, -0.05) is 72.8 Å². The first-order valence-electron chi connectivity index (χ1n) is 12.1. The first-order chi connectivity index (χ1) is 17.7. The van der Waals surface area contributed by atoms with Crippen LogP contribution in [0.1, 0.15) is 33.9 Å². The van der Waals surface area contributed by atoms with Gasteiger partial charge in [-0.3, -0.25) is 4.90 Å². The van der Waals surface area contributed by atoms with Crippen LogP contribution in [0.3, 0.4) is 0 Å². The average molecular weight is 478 g/mol. The minimum Gasteiger partial charge on any atom is -0.497 e. The van der Waals surface area contributed by atoms with Crippen LogP contribution in [0.4, 0.5) is 0 Å². The zero-order valence-corrected chi connectivity index (χ0v) is 21.0. The molecule has 0 amide bonds. The molecule has 5 rings (SSSR count). The first kappa shape index (κ1) is 23.7. The van der Waals surface area contributed by atoms with Gasteiger partial charge in [0.2, 0.25) is 0 Å². The van der Waals surface area contributed by atoms with Gasteiger partial charge in [0.15, 0.2) is 11.5 Å². The second-order valence-corrected chi connectivity index (χ2v) is 8.94. The summed E-state index contributed by atoms with van der Waals surface area (Å²) in [5.41, 5.74) is 7.29. The molecule has 0 aliphatic carbocycles. The highest BCUT2D eigenvalue weighted by atomic mass is 16.5. The number of ether oxygens (including phenoxy) is 3. The van der Waals surface area contributed by atoms with Crippen molar-refractivity contribution in [1.82, 2.24) is 4.90 Å². The predicted octanol–water partition coefficient (Wildman–Crippen LogP) is 7.01. The monoisotopic (exact) mass is 477 g/mol. The highest BCUT2D eigenvalue weighted by Crippen LogP contribution is 2.46. The van der Waals surface area contributed by atoms with Gasteiger partial charge in [-0.2, -0.15) is 0 Å². The highest BCUT2D eigenvalue weighted by Gasteiger charge is 2.33. The van der Waals surface area contributed by atoms with Crippen molar-refractivity contribution in [2.75, 3.05) is 21.3 Å². The molecule has 0 bridgehead atoms. The number of methoxy groups -OCH3 is 3. The maximum Gasteiger partial charge on any atom is 0.161 e. The van der Waals surface area contributed by atoms with Crippen molar-refractivity contribution in [3.63, 3.8) is 0 Å². The molecule has 1 atom stereocenters. The molecule has 4 heteroatoms. The first-order valence-corrected chi connectivity index (χ1v) is 12.1. The number of hydrogen-bond donors (Lipinski definition) is 0. The molecule has 0 radical (unpaired) electrons. The zero-order valence-electron chi connectivity index (χ0n) is 21.0. The van der Waals surface area contributed by atoms with Crippen molar-refractivity contribution < 1.29 is 14.2 Å². The summed E-state index contributed by atoms with van der Waals surface area (Å²) in [4.78, 5) is 2.54. The quantitative estimate of drug-likeness (QED) is 0.286. The van der Waals surface area contributed by atoms with Crippen molar-refractivity contribution in [2.45, 2.75) is 19.1 Å². The summed E-state index contributed by atoms with van der Waals surface area (Å²) in [5, 5.41) is 0. The molecule has 182 valence electrons. The third kappa shape index (κ3) is 4.86. The van der Waals surface area contributed by atoms with Gasteiger partial charge in [-0.05, 0) is 63.7 Å². The third-order valence-corrected chi connectivity index (χ3v) is 6.74. The minimum atomic E-state index is 0.0686. The molecule has 0 saturated carbocycles. The molecule has 0 spiro atoms. The molecule has 4 aromatic carbocycles. The van der Waals surface area contributed by atoms with E-state index in [0.29, 0.717) is 0 Å². The van der Waals surface area contributed by atoms with Crippen molar-refractivity contribution in [3.05, 3.63) is 125 Å². The van der Waals surface area contributed by atoms with Crippen molar-refractivity contribution in [1.29, 1.82) is 0 Å². The lowest BCUT2D eigenvalue weighted by atomic mass is 9.83. The molecule has 1 aliphatic rings. The normalized spacial score (nSPS) is 16.4. The van der Waals surface area contributed by atoms with Crippen LogP contribution >= 0.6 is 0 Å². The van der Waals surface area contributed by atoms with E-state index in [1.54, 1.807) is 21.3 Å². The minimum absolute atomic E-state index is 0.0686. The summed E-state index contributed by atoms with van der Waals surface area (Å²) >= 11 is 0. The fourth-order valence-electron chi connectivity index (χ4n) is 5.00. The fraction of sp³-hybridized carbons (Fsp3) is 0.188. The van der Waals surface area contributed by atoms with Crippen molar-refractivity contribution >= 4 is 11.6 Å². The maximum atomic E-state index is 5.71. The SMILES string of the molecule is COc1ccc(/C=C2/c3cc(OC)c(OC)cc3CN(Cc3ccccc3)C2c2ccccc2)cc1. The van der Waals surface area contributed by atoms with Gasteiger partial charge < -0.3 is 14.2 Å². The van der Waals surface area contributed by atoms with Gasteiger partial charge in [-0.25, -0.2) is 0 Å². The Balaban J connectivity index is 1.71. The van der Waals surface area contributed by atoms with Crippen LogP contribution in [0.25, 0.3) is 11.6 Å². The van der Waals surface area contributed by atoms with E-state index in [9.17, 15) is 0 Å². The Kier molecular flexibility index (Phi) is 7.06. The summed E-state index contributed by atoms with van der Waals surface area (Å²) < 4.78 is 16.8. The molecule has 1 unspecified atom stereocenters. The van der Waals surface area contributed by atoms with E-state index in [-0.39, 0.29) is 6.04 Å². The summed E-state index contributed by atoms with van der Waals surface area (Å²) in [7, 11) is 5.07. The van der Waals surface area contributed by atoms with Crippen LogP contribution in [-0.2, 0) is 13.1 Å². The molecule has 1 heterocycles. The maximum absolute atomic E-state index is 5.71. The highest BCUT2D eigenvalue weighted by molar-refractivity contribution is 5.88. The Labute approximate surface area is 213 Å². The van der Waals surface area contributed by atoms with Crippen molar-refractivity contribution in [2.24, 2.45) is 0 Å². The van der Waals surface area contributed by atoms with Gasteiger partial charge >= 0.3 is 0 Å².